The van der Waals surface area contributed by atoms with Gasteiger partial charge in [-0.1, -0.05) is 13.8 Å². The molecule has 0 fully saturated rings. The summed E-state index contributed by atoms with van der Waals surface area (Å²) in [5.74, 6) is 0. The van der Waals surface area contributed by atoms with Crippen molar-refractivity contribution in [3.8, 4) is 0 Å². The van der Waals surface area contributed by atoms with E-state index in [0.29, 0.717) is 6.54 Å². The van der Waals surface area contributed by atoms with Crippen LogP contribution in [-0.4, -0.2) is 25.9 Å². The second kappa shape index (κ2) is 4.09. The second-order valence-electron chi connectivity index (χ2n) is 3.48. The monoisotopic (exact) mass is 185 g/mol. The van der Waals surface area contributed by atoms with Crippen molar-refractivity contribution in [3.05, 3.63) is 0 Å². The smallest absolute Gasteiger partial charge is 0.371 e. The van der Waals surface area contributed by atoms with Crippen LogP contribution in [0.2, 0.25) is 0 Å². The molecule has 0 spiro atoms. The van der Waals surface area contributed by atoms with E-state index in [9.17, 15) is 13.2 Å². The minimum Gasteiger partial charge on any atom is -0.371 e. The Hall–Kier alpha value is -0.290. The number of nitrogens with two attached hydrogens (primary N) is 1. The van der Waals surface area contributed by atoms with Crippen molar-refractivity contribution in [2.24, 2.45) is 11.1 Å². The summed E-state index contributed by atoms with van der Waals surface area (Å²) in [6.45, 7) is 2.65. The van der Waals surface area contributed by atoms with Gasteiger partial charge in [-0.15, -0.1) is 0 Å². The Kier molecular flexibility index (Phi) is 3.99. The topological polar surface area (TPSA) is 35.2 Å². The Balaban J connectivity index is 3.57. The van der Waals surface area contributed by atoms with Crippen molar-refractivity contribution < 1.29 is 17.9 Å². The van der Waals surface area contributed by atoms with Gasteiger partial charge in [0.05, 0.1) is 6.61 Å². The molecule has 0 rings (SSSR count). The summed E-state index contributed by atoms with van der Waals surface area (Å²) in [5.41, 5.74) is 4.91. The number of halogens is 3. The Morgan fingerprint density at radius 1 is 1.17 bits per heavy atom. The molecule has 0 aliphatic carbocycles. The van der Waals surface area contributed by atoms with Crippen molar-refractivity contribution in [2.75, 3.05) is 19.8 Å². The molecular weight excluding hydrogens is 171 g/mol. The highest BCUT2D eigenvalue weighted by Crippen LogP contribution is 2.18. The summed E-state index contributed by atoms with van der Waals surface area (Å²) in [7, 11) is 0. The van der Waals surface area contributed by atoms with Crippen LogP contribution >= 0.6 is 0 Å². The normalized spacial score (nSPS) is 13.5. The maximum absolute atomic E-state index is 11.6. The first-order chi connectivity index (χ1) is 5.27. The third-order valence-electron chi connectivity index (χ3n) is 1.31. The lowest BCUT2D eigenvalue weighted by Crippen LogP contribution is -2.31. The molecule has 0 saturated heterocycles. The van der Waals surface area contributed by atoms with E-state index in [4.69, 9.17) is 5.73 Å². The van der Waals surface area contributed by atoms with Crippen LogP contribution in [0.5, 0.6) is 0 Å². The molecule has 0 bridgehead atoms. The molecule has 0 saturated carbocycles. The van der Waals surface area contributed by atoms with E-state index in [-0.39, 0.29) is 12.0 Å². The average Bonchev–Trinajstić information content (AvgIpc) is 1.84. The zero-order chi connectivity index (χ0) is 9.83. The molecule has 12 heavy (non-hydrogen) atoms. The molecule has 0 amide bonds. The Labute approximate surface area is 69.9 Å². The molecule has 0 aliphatic rings. The molecule has 2 nitrogen and oxygen atoms in total. The van der Waals surface area contributed by atoms with E-state index in [1.807, 2.05) is 0 Å². The van der Waals surface area contributed by atoms with E-state index in [2.05, 4.69) is 4.74 Å². The zero-order valence-corrected chi connectivity index (χ0v) is 7.24. The summed E-state index contributed by atoms with van der Waals surface area (Å²) >= 11 is 0. The highest BCUT2D eigenvalue weighted by atomic mass is 19.4. The van der Waals surface area contributed by atoms with E-state index in [1.165, 1.54) is 0 Å². The minimum absolute atomic E-state index is 0.0308. The van der Waals surface area contributed by atoms with Gasteiger partial charge < -0.3 is 10.5 Å². The van der Waals surface area contributed by atoms with Crippen LogP contribution in [0, 0.1) is 5.41 Å². The van der Waals surface area contributed by atoms with Gasteiger partial charge in [0.25, 0.3) is 0 Å². The maximum Gasteiger partial charge on any atom is 0.411 e. The van der Waals surface area contributed by atoms with Crippen molar-refractivity contribution in [1.29, 1.82) is 0 Å². The first-order valence-corrected chi connectivity index (χ1v) is 3.61. The van der Waals surface area contributed by atoms with Crippen molar-refractivity contribution >= 4 is 0 Å². The average molecular weight is 185 g/mol. The predicted octanol–water partition coefficient (Wildman–Crippen LogP) is 1.55. The fourth-order valence-corrected chi connectivity index (χ4v) is 0.502. The second-order valence-corrected chi connectivity index (χ2v) is 3.48. The van der Waals surface area contributed by atoms with E-state index >= 15 is 0 Å². The van der Waals surface area contributed by atoms with Gasteiger partial charge in [0.2, 0.25) is 0 Å². The number of ether oxygens (including phenoxy) is 1. The van der Waals surface area contributed by atoms with Gasteiger partial charge in [0.1, 0.15) is 6.61 Å². The summed E-state index contributed by atoms with van der Waals surface area (Å²) in [6.07, 6.45) is -4.25. The predicted molar refractivity (Wildman–Crippen MR) is 39.7 cm³/mol. The van der Waals surface area contributed by atoms with Crippen molar-refractivity contribution in [2.45, 2.75) is 20.0 Å². The SMILES string of the molecule is CC(C)(CN)COCC(F)(F)F. The molecule has 74 valence electrons. The highest BCUT2D eigenvalue weighted by Gasteiger charge is 2.28. The summed E-state index contributed by atoms with van der Waals surface area (Å²) in [4.78, 5) is 0. The number of hydrogen-bond donors (Lipinski definition) is 1. The molecule has 0 aromatic heterocycles. The lowest BCUT2D eigenvalue weighted by molar-refractivity contribution is -0.179. The van der Waals surface area contributed by atoms with Crippen LogP contribution in [-0.2, 0) is 4.74 Å². The van der Waals surface area contributed by atoms with Gasteiger partial charge in [-0.3, -0.25) is 0 Å². The minimum atomic E-state index is -4.25. The number of hydrogen-bond acceptors (Lipinski definition) is 2. The van der Waals surface area contributed by atoms with Crippen LogP contribution in [0.1, 0.15) is 13.8 Å². The maximum atomic E-state index is 11.6. The Morgan fingerprint density at radius 3 is 2.00 bits per heavy atom. The van der Waals surface area contributed by atoms with Crippen LogP contribution in [0.4, 0.5) is 13.2 Å². The molecule has 0 aliphatic heterocycles. The highest BCUT2D eigenvalue weighted by molar-refractivity contribution is 4.68. The van der Waals surface area contributed by atoms with Crippen molar-refractivity contribution in [3.63, 3.8) is 0 Å². The van der Waals surface area contributed by atoms with Gasteiger partial charge >= 0.3 is 6.18 Å². The molecule has 0 aromatic rings. The molecule has 0 aromatic carbocycles. The van der Waals surface area contributed by atoms with Gasteiger partial charge in [0.15, 0.2) is 0 Å². The van der Waals surface area contributed by atoms with Crippen LogP contribution in [0.3, 0.4) is 0 Å². The fraction of sp³-hybridized carbons (Fsp3) is 1.00. The van der Waals surface area contributed by atoms with Gasteiger partial charge in [0, 0.05) is 5.41 Å². The quantitative estimate of drug-likeness (QED) is 0.721. The third kappa shape index (κ3) is 6.42. The Morgan fingerprint density at radius 2 is 1.67 bits per heavy atom. The van der Waals surface area contributed by atoms with Gasteiger partial charge in [-0.05, 0) is 6.54 Å². The molecule has 0 heterocycles. The largest absolute Gasteiger partial charge is 0.411 e. The van der Waals surface area contributed by atoms with Crippen molar-refractivity contribution in [1.82, 2.24) is 0 Å². The summed E-state index contributed by atoms with van der Waals surface area (Å²) in [5, 5.41) is 0. The fourth-order valence-electron chi connectivity index (χ4n) is 0.502. The third-order valence-corrected chi connectivity index (χ3v) is 1.31. The van der Waals surface area contributed by atoms with E-state index in [0.717, 1.165) is 0 Å². The molecular formula is C7H14F3NO. The lowest BCUT2D eigenvalue weighted by atomic mass is 9.95. The van der Waals surface area contributed by atoms with Crippen LogP contribution in [0.15, 0.2) is 0 Å². The van der Waals surface area contributed by atoms with Gasteiger partial charge in [-0.25, -0.2) is 0 Å². The first kappa shape index (κ1) is 11.7. The van der Waals surface area contributed by atoms with E-state index < -0.39 is 12.8 Å². The van der Waals surface area contributed by atoms with Crippen LogP contribution < -0.4 is 5.73 Å². The van der Waals surface area contributed by atoms with Gasteiger partial charge in [-0.2, -0.15) is 13.2 Å². The van der Waals surface area contributed by atoms with Crippen LogP contribution in [0.25, 0.3) is 0 Å². The molecule has 2 N–H and O–H groups in total. The Bertz CT molecular complexity index is 133. The lowest BCUT2D eigenvalue weighted by Gasteiger charge is -2.22. The summed E-state index contributed by atoms with van der Waals surface area (Å²) in [6, 6.07) is 0. The summed E-state index contributed by atoms with van der Waals surface area (Å²) < 4.78 is 39.2. The number of alkyl halides is 3. The van der Waals surface area contributed by atoms with E-state index in [1.54, 1.807) is 13.8 Å². The number of rotatable bonds is 4. The molecule has 0 unspecified atom stereocenters. The molecule has 0 atom stereocenters. The molecule has 0 radical (unpaired) electrons. The molecule has 5 heteroatoms. The zero-order valence-electron chi connectivity index (χ0n) is 7.24. The first-order valence-electron chi connectivity index (χ1n) is 3.61. The standard InChI is InChI=1S/C7H14F3NO/c1-6(2,3-11)4-12-5-7(8,9)10/h3-5,11H2,1-2H3.